The van der Waals surface area contributed by atoms with Gasteiger partial charge in [0.25, 0.3) is 0 Å². The largest absolute Gasteiger partial charge is 0.308 e. The zero-order chi connectivity index (χ0) is 22.3. The van der Waals surface area contributed by atoms with E-state index in [1.807, 2.05) is 0 Å². The lowest BCUT2D eigenvalue weighted by Gasteiger charge is -2.29. The fourth-order valence-corrected chi connectivity index (χ4v) is 4.37. The molecule has 0 bridgehead atoms. The summed E-state index contributed by atoms with van der Waals surface area (Å²) in [6, 6.07) is 8.67. The molecule has 0 saturated heterocycles. The van der Waals surface area contributed by atoms with Crippen LogP contribution < -0.4 is 5.32 Å². The van der Waals surface area contributed by atoms with E-state index in [4.69, 9.17) is 4.99 Å². The Morgan fingerprint density at radius 1 is 1.10 bits per heavy atom. The fraction of sp³-hybridized carbons (Fsp3) is 0.536. The molecule has 0 fully saturated rings. The smallest absolute Gasteiger partial charge is 0.0628 e. The van der Waals surface area contributed by atoms with Gasteiger partial charge < -0.3 is 5.32 Å². The normalized spacial score (nSPS) is 18.3. The van der Waals surface area contributed by atoms with Crippen molar-refractivity contribution in [1.29, 1.82) is 0 Å². The minimum atomic E-state index is -0.0269. The predicted octanol–water partition coefficient (Wildman–Crippen LogP) is 7.55. The van der Waals surface area contributed by atoms with Crippen LogP contribution in [0.2, 0.25) is 0 Å². The van der Waals surface area contributed by atoms with Crippen LogP contribution in [0.1, 0.15) is 85.3 Å². The fourth-order valence-electron chi connectivity index (χ4n) is 4.37. The highest BCUT2D eigenvalue weighted by atomic mass is 15.0. The van der Waals surface area contributed by atoms with Gasteiger partial charge in [-0.1, -0.05) is 74.2 Å². The summed E-state index contributed by atoms with van der Waals surface area (Å²) in [5, 5.41) is 3.75. The van der Waals surface area contributed by atoms with E-state index in [1.54, 1.807) is 0 Å². The van der Waals surface area contributed by atoms with Crippen LogP contribution in [0.4, 0.5) is 0 Å². The first-order valence-electron chi connectivity index (χ1n) is 11.7. The van der Waals surface area contributed by atoms with Crippen LogP contribution in [0.25, 0.3) is 0 Å². The second-order valence-electron chi connectivity index (χ2n) is 9.18. The average Bonchev–Trinajstić information content (AvgIpc) is 3.06. The maximum absolute atomic E-state index is 5.11. The lowest BCUT2D eigenvalue weighted by Crippen LogP contribution is -2.41. The summed E-state index contributed by atoms with van der Waals surface area (Å²) in [6.07, 6.45) is 9.42. The summed E-state index contributed by atoms with van der Waals surface area (Å²) in [4.78, 5) is 5.11. The highest BCUT2D eigenvalue weighted by Crippen LogP contribution is 2.42. The monoisotopic (exact) mass is 406 g/mol. The second kappa shape index (κ2) is 10.9. The van der Waals surface area contributed by atoms with Gasteiger partial charge in [-0.25, -0.2) is 0 Å². The highest BCUT2D eigenvalue weighted by Gasteiger charge is 2.33. The molecule has 2 heteroatoms. The van der Waals surface area contributed by atoms with Gasteiger partial charge in [0.15, 0.2) is 0 Å². The minimum absolute atomic E-state index is 0.0269. The molecule has 1 aliphatic carbocycles. The molecule has 1 N–H and O–H groups in total. The molecule has 1 aromatic carbocycles. The summed E-state index contributed by atoms with van der Waals surface area (Å²) in [5.74, 6) is 0.461. The number of hydrogen-bond acceptors (Lipinski definition) is 2. The SMILES string of the molecule is C/C=C(\N=C(C)c1ccc(C)cc1)C1=CC(C(C)(C)NCCC)=C(C)C1CCCC. The molecule has 1 unspecified atom stereocenters. The topological polar surface area (TPSA) is 24.4 Å². The van der Waals surface area contributed by atoms with Crippen molar-refractivity contribution in [3.8, 4) is 0 Å². The molecule has 0 spiro atoms. The van der Waals surface area contributed by atoms with Crippen LogP contribution >= 0.6 is 0 Å². The van der Waals surface area contributed by atoms with Gasteiger partial charge in [-0.3, -0.25) is 4.99 Å². The van der Waals surface area contributed by atoms with Gasteiger partial charge in [0, 0.05) is 17.2 Å². The molecule has 0 aromatic heterocycles. The van der Waals surface area contributed by atoms with Crippen LogP contribution in [0.5, 0.6) is 0 Å². The third-order valence-corrected chi connectivity index (χ3v) is 6.29. The Labute approximate surface area is 185 Å². The van der Waals surface area contributed by atoms with Crippen molar-refractivity contribution in [2.24, 2.45) is 10.9 Å². The third-order valence-electron chi connectivity index (χ3n) is 6.29. The first-order valence-corrected chi connectivity index (χ1v) is 11.7. The Hall–Kier alpha value is -1.93. The number of hydrogen-bond donors (Lipinski definition) is 1. The summed E-state index contributed by atoms with van der Waals surface area (Å²) in [7, 11) is 0. The van der Waals surface area contributed by atoms with Gasteiger partial charge in [-0.05, 0) is 77.6 Å². The van der Waals surface area contributed by atoms with Crippen LogP contribution in [0.3, 0.4) is 0 Å². The van der Waals surface area contributed by atoms with E-state index in [2.05, 4.69) is 97.1 Å². The van der Waals surface area contributed by atoms with E-state index in [-0.39, 0.29) is 5.54 Å². The van der Waals surface area contributed by atoms with Crippen LogP contribution in [0, 0.1) is 12.8 Å². The third kappa shape index (κ3) is 5.82. The van der Waals surface area contributed by atoms with Crippen molar-refractivity contribution in [2.75, 3.05) is 6.54 Å². The van der Waals surface area contributed by atoms with Crippen LogP contribution in [-0.4, -0.2) is 17.8 Å². The van der Waals surface area contributed by atoms with Crippen LogP contribution in [-0.2, 0) is 0 Å². The summed E-state index contributed by atoms with van der Waals surface area (Å²) in [5.41, 5.74) is 8.98. The van der Waals surface area contributed by atoms with E-state index in [9.17, 15) is 0 Å². The number of unbranched alkanes of at least 4 members (excludes halogenated alkanes) is 1. The van der Waals surface area contributed by atoms with Crippen molar-refractivity contribution in [3.63, 3.8) is 0 Å². The number of aliphatic imine (C=N–C) groups is 1. The van der Waals surface area contributed by atoms with Gasteiger partial charge in [0.2, 0.25) is 0 Å². The zero-order valence-corrected chi connectivity index (χ0v) is 20.5. The molecule has 1 aromatic rings. The highest BCUT2D eigenvalue weighted by molar-refractivity contribution is 5.99. The molecule has 2 rings (SSSR count). The number of nitrogens with one attached hydrogen (secondary N) is 1. The maximum Gasteiger partial charge on any atom is 0.0628 e. The Kier molecular flexibility index (Phi) is 8.85. The maximum atomic E-state index is 5.11. The van der Waals surface area contributed by atoms with Crippen molar-refractivity contribution in [3.05, 3.63) is 70.0 Å². The lowest BCUT2D eigenvalue weighted by atomic mass is 9.86. The molecule has 2 nitrogen and oxygen atoms in total. The Balaban J connectivity index is 2.42. The lowest BCUT2D eigenvalue weighted by molar-refractivity contribution is 0.454. The summed E-state index contributed by atoms with van der Waals surface area (Å²) in [6.45, 7) is 18.9. The molecular formula is C28H42N2. The van der Waals surface area contributed by atoms with E-state index in [1.165, 1.54) is 47.1 Å². The van der Waals surface area contributed by atoms with E-state index in [0.29, 0.717) is 5.92 Å². The van der Waals surface area contributed by atoms with Crippen molar-refractivity contribution in [1.82, 2.24) is 5.32 Å². The second-order valence-corrected chi connectivity index (χ2v) is 9.18. The first kappa shape index (κ1) is 24.3. The standard InChI is InChI=1S/C28H42N2/c1-9-12-13-24-21(5)26(28(7,8)29-18-10-2)19-25(24)27(11-3)30-22(6)23-16-14-20(4)15-17-23/h11,14-17,19,24,29H,9-10,12-13,18H2,1-8H3/b27-11-,30-22?. The molecular weight excluding hydrogens is 364 g/mol. The van der Waals surface area contributed by atoms with Crippen molar-refractivity contribution >= 4 is 5.71 Å². The molecule has 0 aliphatic heterocycles. The summed E-state index contributed by atoms with van der Waals surface area (Å²) >= 11 is 0. The van der Waals surface area contributed by atoms with Gasteiger partial charge in [0.05, 0.1) is 5.70 Å². The van der Waals surface area contributed by atoms with Gasteiger partial charge in [-0.2, -0.15) is 0 Å². The number of allylic oxidation sites excluding steroid dienone is 3. The van der Waals surface area contributed by atoms with Gasteiger partial charge in [-0.15, -0.1) is 0 Å². The van der Waals surface area contributed by atoms with E-state index in [0.717, 1.165) is 24.4 Å². The number of rotatable bonds is 10. The number of aryl methyl sites for hydroxylation is 1. The molecule has 1 aliphatic rings. The molecule has 0 saturated carbocycles. The molecule has 0 amide bonds. The number of nitrogens with zero attached hydrogens (tertiary/aromatic N) is 1. The van der Waals surface area contributed by atoms with Gasteiger partial charge >= 0.3 is 0 Å². The Morgan fingerprint density at radius 2 is 1.77 bits per heavy atom. The van der Waals surface area contributed by atoms with E-state index < -0.39 is 0 Å². The minimum Gasteiger partial charge on any atom is -0.308 e. The molecule has 0 heterocycles. The predicted molar refractivity (Wildman–Crippen MR) is 133 cm³/mol. The molecule has 164 valence electrons. The van der Waals surface area contributed by atoms with Crippen molar-refractivity contribution < 1.29 is 0 Å². The zero-order valence-electron chi connectivity index (χ0n) is 20.5. The molecule has 30 heavy (non-hydrogen) atoms. The van der Waals surface area contributed by atoms with Crippen LogP contribution in [0.15, 0.2) is 63.8 Å². The molecule has 0 radical (unpaired) electrons. The Bertz CT molecular complexity index is 832. The average molecular weight is 407 g/mol. The quantitative estimate of drug-likeness (QED) is 0.399. The number of benzene rings is 1. The first-order chi connectivity index (χ1) is 14.2. The summed E-state index contributed by atoms with van der Waals surface area (Å²) < 4.78 is 0. The van der Waals surface area contributed by atoms with Gasteiger partial charge in [0.1, 0.15) is 0 Å². The Morgan fingerprint density at radius 3 is 2.33 bits per heavy atom. The van der Waals surface area contributed by atoms with Crippen molar-refractivity contribution in [2.45, 2.75) is 86.6 Å². The molecule has 1 atom stereocenters. The van der Waals surface area contributed by atoms with E-state index >= 15 is 0 Å².